The lowest BCUT2D eigenvalue weighted by Crippen LogP contribution is -2.25. The van der Waals surface area contributed by atoms with E-state index < -0.39 is 0 Å². The van der Waals surface area contributed by atoms with Crippen LogP contribution in [-0.2, 0) is 11.3 Å². The number of fused-ring (bicyclic) bond motifs is 1. The van der Waals surface area contributed by atoms with Gasteiger partial charge in [-0.1, -0.05) is 30.7 Å². The molecule has 0 atom stereocenters. The van der Waals surface area contributed by atoms with Crippen molar-refractivity contribution >= 4 is 16.7 Å². The van der Waals surface area contributed by atoms with Crippen LogP contribution in [0.4, 0.5) is 5.82 Å². The van der Waals surface area contributed by atoms with Gasteiger partial charge in [-0.25, -0.2) is 9.97 Å². The van der Waals surface area contributed by atoms with E-state index in [9.17, 15) is 0 Å². The Morgan fingerprint density at radius 1 is 1.32 bits per heavy atom. The van der Waals surface area contributed by atoms with Crippen molar-refractivity contribution in [1.82, 2.24) is 14.9 Å². The first kappa shape index (κ1) is 19.3. The van der Waals surface area contributed by atoms with Gasteiger partial charge in [0.15, 0.2) is 0 Å². The van der Waals surface area contributed by atoms with Gasteiger partial charge in [0.05, 0.1) is 12.1 Å². The molecule has 1 aromatic carbocycles. The second kappa shape index (κ2) is 9.49. The van der Waals surface area contributed by atoms with E-state index in [2.05, 4.69) is 55.8 Å². The van der Waals surface area contributed by atoms with Gasteiger partial charge in [-0.15, -0.1) is 0 Å². The van der Waals surface area contributed by atoms with Crippen molar-refractivity contribution < 1.29 is 4.74 Å². The fourth-order valence-electron chi connectivity index (χ4n) is 2.78. The summed E-state index contributed by atoms with van der Waals surface area (Å²) < 4.78 is 5.13. The van der Waals surface area contributed by atoms with Crippen LogP contribution in [0.3, 0.4) is 0 Å². The molecule has 2 rings (SSSR count). The zero-order chi connectivity index (χ0) is 18.2. The zero-order valence-electron chi connectivity index (χ0n) is 15.9. The number of benzene rings is 1. The van der Waals surface area contributed by atoms with E-state index in [1.165, 1.54) is 5.56 Å². The van der Waals surface area contributed by atoms with Crippen LogP contribution in [0.25, 0.3) is 10.9 Å². The minimum atomic E-state index is 0.722. The van der Waals surface area contributed by atoms with Crippen molar-refractivity contribution in [2.75, 3.05) is 38.7 Å². The molecule has 136 valence electrons. The summed E-state index contributed by atoms with van der Waals surface area (Å²) >= 11 is 0. The molecule has 0 aliphatic heterocycles. The number of ether oxygens (including phenoxy) is 1. The first-order valence-electron chi connectivity index (χ1n) is 8.90. The molecule has 0 amide bonds. The van der Waals surface area contributed by atoms with Gasteiger partial charge in [0.1, 0.15) is 11.6 Å². The molecule has 0 unspecified atom stereocenters. The summed E-state index contributed by atoms with van der Waals surface area (Å²) in [5, 5.41) is 4.53. The van der Waals surface area contributed by atoms with Gasteiger partial charge in [0.25, 0.3) is 0 Å². The number of hydrogen-bond acceptors (Lipinski definition) is 5. The molecule has 2 aromatic rings. The van der Waals surface area contributed by atoms with Crippen LogP contribution in [0.2, 0.25) is 0 Å². The minimum Gasteiger partial charge on any atom is -0.385 e. The Bertz CT molecular complexity index is 714. The molecule has 1 N–H and O–H groups in total. The average molecular weight is 342 g/mol. The normalized spacial score (nSPS) is 11.2. The molecule has 0 radical (unpaired) electrons. The maximum atomic E-state index is 5.13. The van der Waals surface area contributed by atoms with Crippen LogP contribution in [0, 0.1) is 6.92 Å². The number of aryl methyl sites for hydroxylation is 1. The van der Waals surface area contributed by atoms with Gasteiger partial charge < -0.3 is 10.1 Å². The van der Waals surface area contributed by atoms with Gasteiger partial charge in [0, 0.05) is 32.2 Å². The predicted molar refractivity (Wildman–Crippen MR) is 105 cm³/mol. The lowest BCUT2D eigenvalue weighted by atomic mass is 10.1. The van der Waals surface area contributed by atoms with Crippen molar-refractivity contribution in [3.63, 3.8) is 0 Å². The predicted octanol–water partition coefficient (Wildman–Crippen LogP) is 3.78. The van der Waals surface area contributed by atoms with Crippen LogP contribution < -0.4 is 5.32 Å². The maximum Gasteiger partial charge on any atom is 0.145 e. The molecule has 0 aliphatic carbocycles. The Morgan fingerprint density at radius 3 is 2.80 bits per heavy atom. The lowest BCUT2D eigenvalue weighted by Gasteiger charge is -2.20. The molecular weight excluding hydrogens is 312 g/mol. The van der Waals surface area contributed by atoms with Gasteiger partial charge in [-0.2, -0.15) is 0 Å². The number of likely N-dealkylation sites (N-methyl/N-ethyl adjacent to an activating group) is 1. The number of hydrogen-bond donors (Lipinski definition) is 1. The van der Waals surface area contributed by atoms with Crippen molar-refractivity contribution in [3.05, 3.63) is 41.7 Å². The van der Waals surface area contributed by atoms with Crippen molar-refractivity contribution in [2.24, 2.45) is 0 Å². The van der Waals surface area contributed by atoms with E-state index in [0.717, 1.165) is 67.3 Å². The molecule has 1 aromatic heterocycles. The molecule has 5 nitrogen and oxygen atoms in total. The van der Waals surface area contributed by atoms with Gasteiger partial charge >= 0.3 is 0 Å². The Balaban J connectivity index is 2.28. The third kappa shape index (κ3) is 5.80. The molecule has 0 bridgehead atoms. The highest BCUT2D eigenvalue weighted by molar-refractivity contribution is 5.89. The van der Waals surface area contributed by atoms with Crippen molar-refractivity contribution in [2.45, 2.75) is 33.7 Å². The Labute approximate surface area is 151 Å². The highest BCUT2D eigenvalue weighted by atomic mass is 16.5. The summed E-state index contributed by atoms with van der Waals surface area (Å²) in [6, 6.07) is 6.31. The summed E-state index contributed by atoms with van der Waals surface area (Å²) in [7, 11) is 1.72. The Kier molecular flexibility index (Phi) is 7.34. The number of aromatic nitrogens is 2. The summed E-state index contributed by atoms with van der Waals surface area (Å²) in [5.74, 6) is 1.75. The number of rotatable bonds is 10. The monoisotopic (exact) mass is 342 g/mol. The van der Waals surface area contributed by atoms with Crippen LogP contribution >= 0.6 is 0 Å². The molecule has 0 spiro atoms. The van der Waals surface area contributed by atoms with E-state index in [1.54, 1.807) is 7.11 Å². The highest BCUT2D eigenvalue weighted by Crippen LogP contribution is 2.22. The standard InChI is InChI=1S/C20H30N4O/c1-6-24(13-15(2)3)14-19-22-18-9-8-16(4)12-17(18)20(23-19)21-10-7-11-25-5/h8-9,12H,2,6-7,10-11,13-14H2,1,3-5H3,(H,21,22,23). The van der Waals surface area contributed by atoms with E-state index in [0.29, 0.717) is 0 Å². The quantitative estimate of drug-likeness (QED) is 0.526. The molecule has 0 aliphatic rings. The van der Waals surface area contributed by atoms with E-state index >= 15 is 0 Å². The third-order valence-corrected chi connectivity index (χ3v) is 4.02. The second-order valence-corrected chi connectivity index (χ2v) is 6.54. The first-order chi connectivity index (χ1) is 12.0. The number of nitrogens with zero attached hydrogens (tertiary/aromatic N) is 3. The van der Waals surface area contributed by atoms with Crippen molar-refractivity contribution in [3.8, 4) is 0 Å². The summed E-state index contributed by atoms with van der Waals surface area (Å²) in [4.78, 5) is 11.9. The smallest absolute Gasteiger partial charge is 0.145 e. The van der Waals surface area contributed by atoms with Crippen LogP contribution in [0.5, 0.6) is 0 Å². The topological polar surface area (TPSA) is 50.3 Å². The van der Waals surface area contributed by atoms with Crippen LogP contribution in [0.15, 0.2) is 30.4 Å². The van der Waals surface area contributed by atoms with E-state index in [4.69, 9.17) is 14.7 Å². The molecule has 25 heavy (non-hydrogen) atoms. The fourth-order valence-corrected chi connectivity index (χ4v) is 2.78. The summed E-state index contributed by atoms with van der Waals surface area (Å²) in [6.07, 6.45) is 0.944. The van der Waals surface area contributed by atoms with Crippen molar-refractivity contribution in [1.29, 1.82) is 0 Å². The van der Waals surface area contributed by atoms with Crippen LogP contribution in [-0.4, -0.2) is 48.2 Å². The first-order valence-corrected chi connectivity index (χ1v) is 8.90. The lowest BCUT2D eigenvalue weighted by molar-refractivity contribution is 0.198. The molecule has 0 fully saturated rings. The molecular formula is C20H30N4O. The van der Waals surface area contributed by atoms with Gasteiger partial charge in [0.2, 0.25) is 0 Å². The molecule has 0 saturated carbocycles. The molecule has 1 heterocycles. The number of methoxy groups -OCH3 is 1. The average Bonchev–Trinajstić information content (AvgIpc) is 2.58. The zero-order valence-corrected chi connectivity index (χ0v) is 15.9. The third-order valence-electron chi connectivity index (χ3n) is 4.02. The maximum absolute atomic E-state index is 5.13. The SMILES string of the molecule is C=C(C)CN(CC)Cc1nc(NCCCOC)c2cc(C)ccc2n1. The van der Waals surface area contributed by atoms with Gasteiger partial charge in [-0.05, 0) is 38.9 Å². The number of nitrogens with one attached hydrogen (secondary N) is 1. The Morgan fingerprint density at radius 2 is 2.12 bits per heavy atom. The largest absolute Gasteiger partial charge is 0.385 e. The number of anilines is 1. The molecule has 0 saturated heterocycles. The minimum absolute atomic E-state index is 0.722. The Hall–Kier alpha value is -1.98. The highest BCUT2D eigenvalue weighted by Gasteiger charge is 2.11. The van der Waals surface area contributed by atoms with Crippen LogP contribution in [0.1, 0.15) is 31.7 Å². The summed E-state index contributed by atoms with van der Waals surface area (Å²) in [5.41, 5.74) is 3.34. The van der Waals surface area contributed by atoms with E-state index in [-0.39, 0.29) is 0 Å². The fraction of sp³-hybridized carbons (Fsp3) is 0.500. The second-order valence-electron chi connectivity index (χ2n) is 6.54. The summed E-state index contributed by atoms with van der Waals surface area (Å²) in [6.45, 7) is 14.4. The van der Waals surface area contributed by atoms with Gasteiger partial charge in [-0.3, -0.25) is 4.90 Å². The molecule has 5 heteroatoms. The van der Waals surface area contributed by atoms with E-state index in [1.807, 2.05) is 0 Å².